The molecule has 0 aliphatic heterocycles. The van der Waals surface area contributed by atoms with Gasteiger partial charge in [-0.05, 0) is 61.4 Å². The van der Waals surface area contributed by atoms with Crippen molar-refractivity contribution in [2.45, 2.75) is 18.7 Å². The highest BCUT2D eigenvalue weighted by Gasteiger charge is 2.21. The fourth-order valence-electron chi connectivity index (χ4n) is 3.35. The number of benzene rings is 3. The van der Waals surface area contributed by atoms with Crippen LogP contribution in [0.2, 0.25) is 0 Å². The number of fused-ring (bicyclic) bond motifs is 1. The predicted molar refractivity (Wildman–Crippen MR) is 119 cm³/mol. The summed E-state index contributed by atoms with van der Waals surface area (Å²) in [5.74, 6) is -0.400. The van der Waals surface area contributed by atoms with Crippen molar-refractivity contribution in [2.75, 3.05) is 10.0 Å². The smallest absolute Gasteiger partial charge is 0.262 e. The molecule has 1 amide bonds. The molecule has 0 bridgehead atoms. The first-order valence-electron chi connectivity index (χ1n) is 9.42. The number of amides is 1. The molecule has 0 saturated carbocycles. The van der Waals surface area contributed by atoms with E-state index in [0.717, 1.165) is 16.5 Å². The third kappa shape index (κ3) is 3.79. The molecule has 0 aliphatic carbocycles. The summed E-state index contributed by atoms with van der Waals surface area (Å²) >= 11 is 0. The van der Waals surface area contributed by atoms with E-state index in [1.807, 2.05) is 31.2 Å². The minimum atomic E-state index is -3.86. The molecule has 152 valence electrons. The number of rotatable bonds is 5. The molecule has 3 N–H and O–H groups in total. The van der Waals surface area contributed by atoms with Crippen LogP contribution in [0.5, 0.6) is 0 Å². The fourth-order valence-corrected chi connectivity index (χ4v) is 4.76. The van der Waals surface area contributed by atoms with Gasteiger partial charge in [-0.15, -0.1) is 0 Å². The summed E-state index contributed by atoms with van der Waals surface area (Å²) in [5, 5.41) is 3.75. The summed E-state index contributed by atoms with van der Waals surface area (Å²) in [4.78, 5) is 16.3. The normalized spacial score (nSPS) is 11.4. The van der Waals surface area contributed by atoms with Gasteiger partial charge in [0.2, 0.25) is 0 Å². The zero-order valence-electron chi connectivity index (χ0n) is 16.6. The zero-order valence-corrected chi connectivity index (χ0v) is 17.4. The van der Waals surface area contributed by atoms with Crippen LogP contribution < -0.4 is 10.0 Å². The number of para-hydroxylation sites is 1. The second-order valence-corrected chi connectivity index (χ2v) is 8.77. The average molecular weight is 420 g/mol. The number of nitrogens with one attached hydrogen (secondary N) is 3. The molecule has 0 radical (unpaired) electrons. The highest BCUT2D eigenvalue weighted by atomic mass is 32.2. The van der Waals surface area contributed by atoms with Crippen LogP contribution in [0.15, 0.2) is 77.8 Å². The Hall–Kier alpha value is -3.58. The van der Waals surface area contributed by atoms with Crippen molar-refractivity contribution in [3.8, 4) is 0 Å². The van der Waals surface area contributed by atoms with E-state index in [1.165, 1.54) is 0 Å². The van der Waals surface area contributed by atoms with Crippen molar-refractivity contribution in [3.63, 3.8) is 0 Å². The Morgan fingerprint density at radius 2 is 1.67 bits per heavy atom. The Labute approximate surface area is 175 Å². The van der Waals surface area contributed by atoms with Crippen molar-refractivity contribution in [2.24, 2.45) is 0 Å². The molecular weight excluding hydrogens is 398 g/mol. The molecule has 1 heterocycles. The number of aromatic nitrogens is 1. The fraction of sp³-hybridized carbons (Fsp3) is 0.0870. The third-order valence-electron chi connectivity index (χ3n) is 4.89. The Balaban J connectivity index is 1.66. The van der Waals surface area contributed by atoms with E-state index in [2.05, 4.69) is 15.0 Å². The number of anilines is 2. The summed E-state index contributed by atoms with van der Waals surface area (Å²) in [6.07, 6.45) is 1.80. The highest BCUT2D eigenvalue weighted by molar-refractivity contribution is 7.92. The van der Waals surface area contributed by atoms with Crippen molar-refractivity contribution in [1.29, 1.82) is 0 Å². The Kier molecular flexibility index (Phi) is 5.05. The Morgan fingerprint density at radius 3 is 2.50 bits per heavy atom. The van der Waals surface area contributed by atoms with E-state index in [1.54, 1.807) is 55.6 Å². The van der Waals surface area contributed by atoms with Gasteiger partial charge in [-0.2, -0.15) is 0 Å². The summed E-state index contributed by atoms with van der Waals surface area (Å²) in [6, 6.07) is 19.2. The van der Waals surface area contributed by atoms with Crippen LogP contribution in [-0.4, -0.2) is 19.3 Å². The zero-order chi connectivity index (χ0) is 21.3. The van der Waals surface area contributed by atoms with Gasteiger partial charge in [-0.25, -0.2) is 8.42 Å². The standard InChI is InChI=1S/C23H21N3O3S/c1-15-10-11-16(2)22(14-15)30(28,29)26-21-7-4-3-6-18(21)23(27)25-20-9-5-8-19-17(20)12-13-24-19/h3-14,24,26H,1-2H3,(H,25,27). The lowest BCUT2D eigenvalue weighted by molar-refractivity contribution is 0.102. The molecule has 3 aromatic carbocycles. The maximum absolute atomic E-state index is 13.0. The minimum Gasteiger partial charge on any atom is -0.361 e. The van der Waals surface area contributed by atoms with E-state index in [-0.39, 0.29) is 16.1 Å². The van der Waals surface area contributed by atoms with Crippen LogP contribution in [0.4, 0.5) is 11.4 Å². The second-order valence-electron chi connectivity index (χ2n) is 7.12. The molecule has 4 rings (SSSR count). The monoisotopic (exact) mass is 419 g/mol. The van der Waals surface area contributed by atoms with Gasteiger partial charge >= 0.3 is 0 Å². The minimum absolute atomic E-state index is 0.190. The molecule has 0 aliphatic rings. The van der Waals surface area contributed by atoms with E-state index in [0.29, 0.717) is 11.3 Å². The molecule has 4 aromatic rings. The highest BCUT2D eigenvalue weighted by Crippen LogP contribution is 2.26. The van der Waals surface area contributed by atoms with Crippen molar-refractivity contribution in [3.05, 3.63) is 89.6 Å². The van der Waals surface area contributed by atoms with Crippen LogP contribution in [0.25, 0.3) is 10.9 Å². The maximum Gasteiger partial charge on any atom is 0.262 e. The molecule has 0 fully saturated rings. The molecule has 0 atom stereocenters. The van der Waals surface area contributed by atoms with Gasteiger partial charge in [-0.1, -0.05) is 30.3 Å². The lowest BCUT2D eigenvalue weighted by atomic mass is 10.1. The summed E-state index contributed by atoms with van der Waals surface area (Å²) in [6.45, 7) is 3.58. The molecule has 0 saturated heterocycles. The average Bonchev–Trinajstić information content (AvgIpc) is 3.20. The first kappa shape index (κ1) is 19.7. The number of sulfonamides is 1. The van der Waals surface area contributed by atoms with Crippen LogP contribution >= 0.6 is 0 Å². The molecule has 1 aromatic heterocycles. The van der Waals surface area contributed by atoms with E-state index in [4.69, 9.17) is 0 Å². The summed E-state index contributed by atoms with van der Waals surface area (Å²) < 4.78 is 28.6. The number of carbonyl (C=O) groups is 1. The lowest BCUT2D eigenvalue weighted by Gasteiger charge is -2.14. The van der Waals surface area contributed by atoms with Gasteiger partial charge < -0.3 is 10.3 Å². The van der Waals surface area contributed by atoms with E-state index in [9.17, 15) is 13.2 Å². The topological polar surface area (TPSA) is 91.1 Å². The Bertz CT molecular complexity index is 1360. The first-order chi connectivity index (χ1) is 14.3. The van der Waals surface area contributed by atoms with Gasteiger partial charge in [0.05, 0.1) is 21.8 Å². The van der Waals surface area contributed by atoms with Crippen molar-refractivity contribution >= 4 is 38.2 Å². The van der Waals surface area contributed by atoms with Crippen molar-refractivity contribution < 1.29 is 13.2 Å². The maximum atomic E-state index is 13.0. The van der Waals surface area contributed by atoms with Gasteiger partial charge in [-0.3, -0.25) is 9.52 Å². The number of H-pyrrole nitrogens is 1. The van der Waals surface area contributed by atoms with E-state index >= 15 is 0 Å². The predicted octanol–water partition coefficient (Wildman–Crippen LogP) is 4.84. The third-order valence-corrected chi connectivity index (χ3v) is 6.40. The molecular formula is C23H21N3O3S. The molecule has 0 unspecified atom stereocenters. The Morgan fingerprint density at radius 1 is 0.900 bits per heavy atom. The largest absolute Gasteiger partial charge is 0.361 e. The van der Waals surface area contributed by atoms with Crippen LogP contribution in [-0.2, 0) is 10.0 Å². The SMILES string of the molecule is Cc1ccc(C)c(S(=O)(=O)Nc2ccccc2C(=O)Nc2cccc3[nH]ccc23)c1. The summed E-state index contributed by atoms with van der Waals surface area (Å²) in [5.41, 5.74) is 3.47. The van der Waals surface area contributed by atoms with Gasteiger partial charge in [0.25, 0.3) is 15.9 Å². The number of hydrogen-bond acceptors (Lipinski definition) is 3. The van der Waals surface area contributed by atoms with Gasteiger partial charge in [0.1, 0.15) is 0 Å². The van der Waals surface area contributed by atoms with E-state index < -0.39 is 15.9 Å². The first-order valence-corrected chi connectivity index (χ1v) is 10.9. The molecule has 6 nitrogen and oxygen atoms in total. The number of aromatic amines is 1. The lowest BCUT2D eigenvalue weighted by Crippen LogP contribution is -2.19. The summed E-state index contributed by atoms with van der Waals surface area (Å²) in [7, 11) is -3.86. The van der Waals surface area contributed by atoms with Crippen LogP contribution in [0.1, 0.15) is 21.5 Å². The van der Waals surface area contributed by atoms with Gasteiger partial charge in [0, 0.05) is 17.1 Å². The van der Waals surface area contributed by atoms with Crippen molar-refractivity contribution in [1.82, 2.24) is 4.98 Å². The molecule has 30 heavy (non-hydrogen) atoms. The van der Waals surface area contributed by atoms with Crippen LogP contribution in [0, 0.1) is 13.8 Å². The van der Waals surface area contributed by atoms with Crippen LogP contribution in [0.3, 0.4) is 0 Å². The number of carbonyl (C=O) groups excluding carboxylic acids is 1. The molecule has 0 spiro atoms. The quantitative estimate of drug-likeness (QED) is 0.432. The second kappa shape index (κ2) is 7.68. The number of hydrogen-bond donors (Lipinski definition) is 3. The number of aryl methyl sites for hydroxylation is 2. The molecule has 7 heteroatoms. The van der Waals surface area contributed by atoms with Gasteiger partial charge in [0.15, 0.2) is 0 Å².